The number of hydrogen-bond acceptors (Lipinski definition) is 5. The van der Waals surface area contributed by atoms with Crippen molar-refractivity contribution in [1.82, 2.24) is 10.7 Å². The third kappa shape index (κ3) is 7.50. The number of rotatable bonds is 9. The van der Waals surface area contributed by atoms with Gasteiger partial charge in [-0.2, -0.15) is 5.10 Å². The van der Waals surface area contributed by atoms with Crippen LogP contribution in [0.5, 0.6) is 11.5 Å². The van der Waals surface area contributed by atoms with E-state index in [0.717, 1.165) is 5.56 Å². The van der Waals surface area contributed by atoms with Gasteiger partial charge in [0.05, 0.1) is 11.2 Å². The number of phenolic OH excluding ortho intramolecular Hbond substituents is 1. The van der Waals surface area contributed by atoms with Gasteiger partial charge < -0.3 is 15.2 Å². The summed E-state index contributed by atoms with van der Waals surface area (Å²) in [7, 11) is 0. The lowest BCUT2D eigenvalue weighted by Crippen LogP contribution is -2.50. The van der Waals surface area contributed by atoms with E-state index in [2.05, 4.69) is 15.8 Å². The Bertz CT molecular complexity index is 1170. The van der Waals surface area contributed by atoms with Crippen LogP contribution in [0.25, 0.3) is 0 Å². The largest absolute Gasteiger partial charge is 0.508 e. The van der Waals surface area contributed by atoms with Gasteiger partial charge in [0.15, 0.2) is 6.10 Å². The highest BCUT2D eigenvalue weighted by atomic mass is 35.5. The highest BCUT2D eigenvalue weighted by molar-refractivity contribution is 6.35. The normalized spacial score (nSPS) is 12.7. The average molecular weight is 500 g/mol. The molecule has 0 aliphatic rings. The molecule has 3 N–H and O–H groups in total. The molecular weight excluding hydrogens is 477 g/mol. The van der Waals surface area contributed by atoms with Crippen molar-refractivity contribution in [3.63, 3.8) is 0 Å². The first-order valence-electron chi connectivity index (χ1n) is 10.4. The molecule has 0 radical (unpaired) electrons. The number of phenols is 1. The van der Waals surface area contributed by atoms with Gasteiger partial charge in [0.2, 0.25) is 0 Å². The monoisotopic (exact) mass is 499 g/mol. The van der Waals surface area contributed by atoms with Crippen LogP contribution in [0.15, 0.2) is 77.9 Å². The number of benzene rings is 3. The minimum absolute atomic E-state index is 0.0827. The van der Waals surface area contributed by atoms with Crippen molar-refractivity contribution in [2.75, 3.05) is 0 Å². The summed E-state index contributed by atoms with van der Waals surface area (Å²) < 4.78 is 5.66. The average Bonchev–Trinajstić information content (AvgIpc) is 2.81. The molecule has 0 fully saturated rings. The molecule has 2 amide bonds. The van der Waals surface area contributed by atoms with E-state index < -0.39 is 24.0 Å². The molecule has 7 nitrogen and oxygen atoms in total. The van der Waals surface area contributed by atoms with Gasteiger partial charge in [-0.15, -0.1) is 0 Å². The lowest BCUT2D eigenvalue weighted by Gasteiger charge is -2.21. The van der Waals surface area contributed by atoms with Gasteiger partial charge >= 0.3 is 0 Å². The van der Waals surface area contributed by atoms with Crippen molar-refractivity contribution >= 4 is 41.2 Å². The van der Waals surface area contributed by atoms with Crippen LogP contribution in [-0.4, -0.2) is 35.3 Å². The lowest BCUT2D eigenvalue weighted by atomic mass is 10.1. The summed E-state index contributed by atoms with van der Waals surface area (Å²) in [5, 5.41) is 16.9. The number of nitrogens with one attached hydrogen (secondary N) is 2. The minimum atomic E-state index is -0.930. The van der Waals surface area contributed by atoms with E-state index in [1.54, 1.807) is 31.2 Å². The van der Waals surface area contributed by atoms with Crippen LogP contribution in [0.2, 0.25) is 10.0 Å². The molecule has 9 heteroatoms. The van der Waals surface area contributed by atoms with Crippen LogP contribution in [0.3, 0.4) is 0 Å². The molecule has 0 unspecified atom stereocenters. The lowest BCUT2D eigenvalue weighted by molar-refractivity contribution is -0.132. The summed E-state index contributed by atoms with van der Waals surface area (Å²) in [6.45, 7) is 1.55. The van der Waals surface area contributed by atoms with Gasteiger partial charge in [0, 0.05) is 11.4 Å². The van der Waals surface area contributed by atoms with Crippen molar-refractivity contribution in [3.8, 4) is 11.5 Å². The van der Waals surface area contributed by atoms with E-state index in [1.807, 2.05) is 30.3 Å². The molecule has 34 heavy (non-hydrogen) atoms. The van der Waals surface area contributed by atoms with Crippen molar-refractivity contribution in [3.05, 3.63) is 94.0 Å². The van der Waals surface area contributed by atoms with Crippen LogP contribution in [0, 0.1) is 0 Å². The van der Waals surface area contributed by atoms with Gasteiger partial charge in [-0.25, -0.2) is 5.43 Å². The Morgan fingerprint density at radius 3 is 2.50 bits per heavy atom. The fourth-order valence-corrected chi connectivity index (χ4v) is 3.47. The van der Waals surface area contributed by atoms with Crippen LogP contribution in [0.1, 0.15) is 18.1 Å². The topological polar surface area (TPSA) is 100 Å². The Kier molecular flexibility index (Phi) is 8.90. The first-order chi connectivity index (χ1) is 16.3. The first kappa shape index (κ1) is 25.1. The Balaban J connectivity index is 1.68. The fourth-order valence-electron chi connectivity index (χ4n) is 3.02. The van der Waals surface area contributed by atoms with Crippen LogP contribution >= 0.6 is 23.2 Å². The summed E-state index contributed by atoms with van der Waals surface area (Å²) in [4.78, 5) is 25.7. The Hall–Kier alpha value is -3.55. The number of halogens is 2. The summed E-state index contributed by atoms with van der Waals surface area (Å²) >= 11 is 12.0. The van der Waals surface area contributed by atoms with Gasteiger partial charge in [-0.05, 0) is 48.4 Å². The van der Waals surface area contributed by atoms with Crippen molar-refractivity contribution in [2.24, 2.45) is 5.10 Å². The second kappa shape index (κ2) is 12.1. The second-order valence-corrected chi connectivity index (χ2v) is 8.26. The number of aromatic hydroxyl groups is 1. The fraction of sp³-hybridized carbons (Fsp3) is 0.160. The number of hydrazone groups is 1. The van der Waals surface area contributed by atoms with Crippen LogP contribution < -0.4 is 15.5 Å². The molecule has 3 aromatic rings. The molecule has 0 spiro atoms. The minimum Gasteiger partial charge on any atom is -0.508 e. The number of amides is 2. The third-order valence-corrected chi connectivity index (χ3v) is 5.27. The van der Waals surface area contributed by atoms with E-state index in [0.29, 0.717) is 16.3 Å². The van der Waals surface area contributed by atoms with E-state index in [9.17, 15) is 14.7 Å². The molecule has 3 aromatic carbocycles. The van der Waals surface area contributed by atoms with Crippen LogP contribution in [0.4, 0.5) is 0 Å². The predicted octanol–water partition coefficient (Wildman–Crippen LogP) is 4.34. The van der Waals surface area contributed by atoms with E-state index in [-0.39, 0.29) is 17.2 Å². The zero-order valence-corrected chi connectivity index (χ0v) is 19.8. The van der Waals surface area contributed by atoms with E-state index in [1.165, 1.54) is 24.4 Å². The quantitative estimate of drug-likeness (QED) is 0.301. The summed E-state index contributed by atoms with van der Waals surface area (Å²) in [6, 6.07) is 19.5. The summed E-state index contributed by atoms with van der Waals surface area (Å²) in [5.74, 6) is -0.628. The highest BCUT2D eigenvalue weighted by Gasteiger charge is 2.25. The maximum absolute atomic E-state index is 12.8. The first-order valence-corrected chi connectivity index (χ1v) is 11.2. The van der Waals surface area contributed by atoms with Crippen molar-refractivity contribution < 1.29 is 19.4 Å². The van der Waals surface area contributed by atoms with E-state index in [4.69, 9.17) is 27.9 Å². The maximum atomic E-state index is 12.8. The molecular formula is C25H23Cl2N3O4. The smallest absolute Gasteiger partial charge is 0.262 e. The number of nitrogens with zero attached hydrogens (tertiary/aromatic N) is 1. The zero-order chi connectivity index (χ0) is 24.5. The van der Waals surface area contributed by atoms with Gasteiger partial charge in [0.25, 0.3) is 11.8 Å². The van der Waals surface area contributed by atoms with Gasteiger partial charge in [-0.1, -0.05) is 65.7 Å². The highest BCUT2D eigenvalue weighted by Crippen LogP contribution is 2.28. The SMILES string of the molecule is C[C@@H](Oc1ccc(Cl)cc1Cl)C(=O)N[C@@H](Cc1ccccc1)C(=O)N/N=C\c1cccc(O)c1. The third-order valence-electron chi connectivity index (χ3n) is 4.74. The van der Waals surface area contributed by atoms with Crippen molar-refractivity contribution in [1.29, 1.82) is 0 Å². The Labute approximate surface area is 207 Å². The molecule has 2 atom stereocenters. The summed E-state index contributed by atoms with van der Waals surface area (Å²) in [5.41, 5.74) is 3.90. The number of carbonyl (C=O) groups is 2. The van der Waals surface area contributed by atoms with Crippen LogP contribution in [-0.2, 0) is 16.0 Å². The van der Waals surface area contributed by atoms with E-state index >= 15 is 0 Å². The molecule has 0 aliphatic carbocycles. The second-order valence-electron chi connectivity index (χ2n) is 7.41. The van der Waals surface area contributed by atoms with Gasteiger partial charge in [0.1, 0.15) is 17.5 Å². The standard InChI is InChI=1S/C25H23Cl2N3O4/c1-16(34-23-11-10-19(26)14-21(23)27)24(32)29-22(13-17-6-3-2-4-7-17)25(33)30-28-15-18-8-5-9-20(31)12-18/h2-12,14-16,22,31H,13H2,1H3,(H,29,32)(H,30,33)/b28-15-/t16-,22+/m1/s1. The molecule has 0 saturated carbocycles. The molecule has 0 bridgehead atoms. The molecule has 0 saturated heterocycles. The number of ether oxygens (including phenoxy) is 1. The molecule has 3 rings (SSSR count). The number of hydrogen-bond donors (Lipinski definition) is 3. The molecule has 0 heterocycles. The Morgan fingerprint density at radius 2 is 1.79 bits per heavy atom. The summed E-state index contributed by atoms with van der Waals surface area (Å²) in [6.07, 6.45) is 0.711. The maximum Gasteiger partial charge on any atom is 0.262 e. The number of carbonyl (C=O) groups excluding carboxylic acids is 2. The predicted molar refractivity (Wildman–Crippen MR) is 132 cm³/mol. The van der Waals surface area contributed by atoms with Gasteiger partial charge in [-0.3, -0.25) is 9.59 Å². The zero-order valence-electron chi connectivity index (χ0n) is 18.2. The molecule has 176 valence electrons. The molecule has 0 aliphatic heterocycles. The van der Waals surface area contributed by atoms with Crippen molar-refractivity contribution in [2.45, 2.75) is 25.5 Å². The molecule has 0 aromatic heterocycles. The Morgan fingerprint density at radius 1 is 1.03 bits per heavy atom.